The van der Waals surface area contributed by atoms with Crippen LogP contribution in [0.1, 0.15) is 58.3 Å². The minimum Gasteiger partial charge on any atom is -0.478 e. The van der Waals surface area contributed by atoms with E-state index < -0.39 is 5.97 Å². The summed E-state index contributed by atoms with van der Waals surface area (Å²) >= 11 is 0. The van der Waals surface area contributed by atoms with Crippen molar-refractivity contribution in [1.29, 1.82) is 0 Å². The highest BCUT2D eigenvalue weighted by Crippen LogP contribution is 2.46. The molecule has 0 saturated heterocycles. The molecule has 2 aromatic carbocycles. The third kappa shape index (κ3) is 4.83. The Morgan fingerprint density at radius 3 is 2.61 bits per heavy atom. The first-order valence-electron chi connectivity index (χ1n) is 12.4. The van der Waals surface area contributed by atoms with Crippen LogP contribution in [0.25, 0.3) is 11.0 Å². The van der Waals surface area contributed by atoms with E-state index in [-0.39, 0.29) is 18.1 Å². The van der Waals surface area contributed by atoms with Crippen molar-refractivity contribution >= 4 is 34.4 Å². The molecule has 2 heterocycles. The first kappa shape index (κ1) is 25.0. The maximum Gasteiger partial charge on any atom is 0.335 e. The second-order valence-electron chi connectivity index (χ2n) is 9.55. The van der Waals surface area contributed by atoms with Gasteiger partial charge in [0.1, 0.15) is 12.4 Å². The fourth-order valence-corrected chi connectivity index (χ4v) is 4.50. The summed E-state index contributed by atoms with van der Waals surface area (Å²) in [5.74, 6) is 5.20. The van der Waals surface area contributed by atoms with Gasteiger partial charge in [-0.3, -0.25) is 14.4 Å². The third-order valence-corrected chi connectivity index (χ3v) is 6.77. The maximum absolute atomic E-state index is 13.4. The Morgan fingerprint density at radius 1 is 1.13 bits per heavy atom. The summed E-state index contributed by atoms with van der Waals surface area (Å²) in [7, 11) is 1.79. The number of benzene rings is 2. The second-order valence-corrected chi connectivity index (χ2v) is 9.55. The van der Waals surface area contributed by atoms with Crippen molar-refractivity contribution in [2.45, 2.75) is 46.1 Å². The zero-order chi connectivity index (χ0) is 27.0. The number of fused-ring (bicyclic) bond motifs is 1. The highest BCUT2D eigenvalue weighted by molar-refractivity contribution is 6.11. The molecular formula is C30H28N4O4. The molecule has 4 aromatic rings. The van der Waals surface area contributed by atoms with Crippen molar-refractivity contribution in [1.82, 2.24) is 14.8 Å². The SMILES string of the molecule is CC#CC(=O)N(c1ccc2c(n1)c(OCc1cccc(C(=O)O)c1)nn2C)c1cc(C)c(C)cc1C1CC1. The average Bonchev–Trinajstić information content (AvgIpc) is 3.69. The lowest BCUT2D eigenvalue weighted by Crippen LogP contribution is -2.26. The number of carboxylic acids is 1. The van der Waals surface area contributed by atoms with E-state index in [4.69, 9.17) is 9.72 Å². The van der Waals surface area contributed by atoms with Gasteiger partial charge in [0.25, 0.3) is 5.88 Å². The van der Waals surface area contributed by atoms with Crippen LogP contribution in [0.5, 0.6) is 5.88 Å². The molecule has 192 valence electrons. The molecule has 1 amide bonds. The van der Waals surface area contributed by atoms with Gasteiger partial charge in [0.2, 0.25) is 0 Å². The van der Waals surface area contributed by atoms with Crippen LogP contribution in [0.3, 0.4) is 0 Å². The molecule has 0 spiro atoms. The van der Waals surface area contributed by atoms with Crippen molar-refractivity contribution in [2.24, 2.45) is 7.05 Å². The van der Waals surface area contributed by atoms with Crippen LogP contribution in [-0.4, -0.2) is 31.7 Å². The zero-order valence-corrected chi connectivity index (χ0v) is 21.8. The standard InChI is InChI=1S/C30H28N4O4/c1-5-7-27(35)34(25-15-19(3)18(2)14-23(25)21-10-11-21)26-13-12-24-28(31-26)29(32-33(24)4)38-17-20-8-6-9-22(16-20)30(36)37/h6,8-9,12-16,21H,10-11,17H2,1-4H3,(H,36,37). The molecule has 2 aromatic heterocycles. The largest absolute Gasteiger partial charge is 0.478 e. The maximum atomic E-state index is 13.4. The molecule has 1 fully saturated rings. The van der Waals surface area contributed by atoms with Gasteiger partial charge in [-0.15, -0.1) is 5.10 Å². The molecule has 8 nitrogen and oxygen atoms in total. The summed E-state index contributed by atoms with van der Waals surface area (Å²) in [5.41, 5.74) is 6.31. The van der Waals surface area contributed by atoms with E-state index in [2.05, 4.69) is 29.9 Å². The molecule has 0 aliphatic heterocycles. The van der Waals surface area contributed by atoms with Crippen molar-refractivity contribution in [3.8, 4) is 17.7 Å². The van der Waals surface area contributed by atoms with Gasteiger partial charge in [0, 0.05) is 7.05 Å². The molecule has 0 unspecified atom stereocenters. The summed E-state index contributed by atoms with van der Waals surface area (Å²) in [4.78, 5) is 31.1. The number of carbonyl (C=O) groups excluding carboxylic acids is 1. The number of aryl methyl sites for hydroxylation is 3. The number of carbonyl (C=O) groups is 2. The number of rotatable bonds is 7. The number of ether oxygens (including phenoxy) is 1. The number of pyridine rings is 1. The quantitative estimate of drug-likeness (QED) is 0.335. The number of hydrogen-bond donors (Lipinski definition) is 1. The smallest absolute Gasteiger partial charge is 0.335 e. The van der Waals surface area contributed by atoms with E-state index in [0.29, 0.717) is 28.7 Å². The van der Waals surface area contributed by atoms with Crippen molar-refractivity contribution in [2.75, 3.05) is 4.90 Å². The summed E-state index contributed by atoms with van der Waals surface area (Å²) < 4.78 is 7.66. The highest BCUT2D eigenvalue weighted by Gasteiger charge is 2.31. The Bertz CT molecular complexity index is 1640. The molecule has 0 bridgehead atoms. The molecule has 0 radical (unpaired) electrons. The first-order valence-corrected chi connectivity index (χ1v) is 12.4. The van der Waals surface area contributed by atoms with Crippen LogP contribution < -0.4 is 9.64 Å². The first-order chi connectivity index (χ1) is 18.3. The topological polar surface area (TPSA) is 97.6 Å². The Morgan fingerprint density at radius 2 is 1.89 bits per heavy atom. The number of nitrogens with zero attached hydrogens (tertiary/aromatic N) is 4. The van der Waals surface area contributed by atoms with Crippen molar-refractivity contribution in [3.63, 3.8) is 0 Å². The minimum absolute atomic E-state index is 0.117. The van der Waals surface area contributed by atoms with Crippen LogP contribution in [0.15, 0.2) is 48.5 Å². The third-order valence-electron chi connectivity index (χ3n) is 6.77. The van der Waals surface area contributed by atoms with Crippen LogP contribution in [0.4, 0.5) is 11.5 Å². The van der Waals surface area contributed by atoms with Gasteiger partial charge >= 0.3 is 11.9 Å². The fraction of sp³-hybridized carbons (Fsp3) is 0.267. The molecule has 1 saturated carbocycles. The van der Waals surface area contributed by atoms with Gasteiger partial charge < -0.3 is 9.84 Å². The van der Waals surface area contributed by atoms with E-state index in [9.17, 15) is 14.7 Å². The second kappa shape index (κ2) is 10.0. The van der Waals surface area contributed by atoms with Crippen molar-refractivity contribution < 1.29 is 19.4 Å². The average molecular weight is 509 g/mol. The fourth-order valence-electron chi connectivity index (χ4n) is 4.50. The monoisotopic (exact) mass is 508 g/mol. The molecule has 5 rings (SSSR count). The summed E-state index contributed by atoms with van der Waals surface area (Å²) in [5, 5.41) is 13.8. The van der Waals surface area contributed by atoms with Crippen LogP contribution in [-0.2, 0) is 18.4 Å². The van der Waals surface area contributed by atoms with Crippen LogP contribution in [0, 0.1) is 25.7 Å². The number of anilines is 2. The highest BCUT2D eigenvalue weighted by atomic mass is 16.5. The Labute approximate surface area is 220 Å². The van der Waals surface area contributed by atoms with Gasteiger partial charge in [0.15, 0.2) is 5.52 Å². The van der Waals surface area contributed by atoms with Crippen molar-refractivity contribution in [3.05, 3.63) is 76.3 Å². The number of amides is 1. The van der Waals surface area contributed by atoms with E-state index >= 15 is 0 Å². The lowest BCUT2D eigenvalue weighted by Gasteiger charge is -2.24. The van der Waals surface area contributed by atoms with Gasteiger partial charge in [-0.2, -0.15) is 0 Å². The number of aromatic nitrogens is 3. The lowest BCUT2D eigenvalue weighted by molar-refractivity contribution is -0.112. The van der Waals surface area contributed by atoms with Crippen LogP contribution >= 0.6 is 0 Å². The predicted molar refractivity (Wildman–Crippen MR) is 145 cm³/mol. The van der Waals surface area contributed by atoms with E-state index in [0.717, 1.165) is 35.2 Å². The normalized spacial score (nSPS) is 12.6. The van der Waals surface area contributed by atoms with Gasteiger partial charge in [0.05, 0.1) is 16.8 Å². The van der Waals surface area contributed by atoms with Gasteiger partial charge in [-0.05, 0) is 98.0 Å². The Balaban J connectivity index is 1.57. The van der Waals surface area contributed by atoms with Gasteiger partial charge in [-0.25, -0.2) is 9.78 Å². The Kier molecular flexibility index (Phi) is 6.60. The number of hydrogen-bond acceptors (Lipinski definition) is 5. The molecular weight excluding hydrogens is 480 g/mol. The molecule has 1 aliphatic carbocycles. The molecule has 0 atom stereocenters. The summed E-state index contributed by atoms with van der Waals surface area (Å²) in [6, 6.07) is 14.4. The zero-order valence-electron chi connectivity index (χ0n) is 21.8. The number of aromatic carboxylic acids is 1. The predicted octanol–water partition coefficient (Wildman–Crippen LogP) is 5.43. The van der Waals surface area contributed by atoms with Crippen LogP contribution in [0.2, 0.25) is 0 Å². The van der Waals surface area contributed by atoms with E-state index in [1.54, 1.807) is 47.8 Å². The summed E-state index contributed by atoms with van der Waals surface area (Å²) in [6.07, 6.45) is 2.18. The molecule has 1 aliphatic rings. The number of carboxylic acid groups (broad SMARTS) is 1. The van der Waals surface area contributed by atoms with E-state index in [1.807, 2.05) is 19.1 Å². The lowest BCUT2D eigenvalue weighted by atomic mass is 9.99. The molecule has 38 heavy (non-hydrogen) atoms. The van der Waals surface area contributed by atoms with Gasteiger partial charge in [-0.1, -0.05) is 24.1 Å². The van der Waals surface area contributed by atoms with E-state index in [1.165, 1.54) is 11.6 Å². The molecule has 8 heteroatoms. The Hall–Kier alpha value is -4.64. The minimum atomic E-state index is -1.00. The summed E-state index contributed by atoms with van der Waals surface area (Å²) in [6.45, 7) is 5.87. The molecule has 1 N–H and O–H groups in total.